The van der Waals surface area contributed by atoms with Gasteiger partial charge in [-0.05, 0) is 55.9 Å². The van der Waals surface area contributed by atoms with Crippen LogP contribution in [0, 0.1) is 5.92 Å². The van der Waals surface area contributed by atoms with Gasteiger partial charge < -0.3 is 16.0 Å². The number of carbonyl (C=O) groups excluding carboxylic acids is 2. The Labute approximate surface area is 130 Å². The molecule has 1 fully saturated rings. The van der Waals surface area contributed by atoms with Crippen LogP contribution in [0.5, 0.6) is 0 Å². The van der Waals surface area contributed by atoms with Gasteiger partial charge in [0.2, 0.25) is 5.91 Å². The summed E-state index contributed by atoms with van der Waals surface area (Å²) in [6.07, 6.45) is 3.06. The first kappa shape index (κ1) is 15.0. The zero-order valence-corrected chi connectivity index (χ0v) is 13.2. The lowest BCUT2D eigenvalue weighted by Crippen LogP contribution is -2.53. The van der Waals surface area contributed by atoms with Gasteiger partial charge in [0, 0.05) is 31.3 Å². The molecule has 1 unspecified atom stereocenters. The minimum Gasteiger partial charge on any atom is -0.345 e. The van der Waals surface area contributed by atoms with Crippen LogP contribution in [0.15, 0.2) is 18.2 Å². The van der Waals surface area contributed by atoms with Crippen molar-refractivity contribution >= 4 is 17.5 Å². The van der Waals surface area contributed by atoms with Crippen LogP contribution in [0.1, 0.15) is 42.6 Å². The van der Waals surface area contributed by atoms with Gasteiger partial charge in [-0.15, -0.1) is 0 Å². The highest BCUT2D eigenvalue weighted by Gasteiger charge is 2.41. The number of fused-ring (bicyclic) bond motifs is 1. The molecule has 0 radical (unpaired) electrons. The summed E-state index contributed by atoms with van der Waals surface area (Å²) in [6.45, 7) is 4.73. The second kappa shape index (κ2) is 5.39. The Morgan fingerprint density at radius 2 is 2.14 bits per heavy atom. The Balaban J connectivity index is 1.78. The van der Waals surface area contributed by atoms with Crippen LogP contribution in [0.3, 0.4) is 0 Å². The maximum atomic E-state index is 12.5. The molecule has 1 heterocycles. The number of rotatable bonds is 4. The predicted octanol–water partition coefficient (Wildman–Crippen LogP) is 1.45. The molecule has 0 bridgehead atoms. The Bertz CT molecular complexity index is 624. The molecule has 3 N–H and O–H groups in total. The van der Waals surface area contributed by atoms with E-state index in [1.807, 2.05) is 19.1 Å². The molecule has 3 rings (SSSR count). The zero-order chi connectivity index (χ0) is 15.9. The molecular formula is C17H23N3O2. The van der Waals surface area contributed by atoms with Crippen LogP contribution in [0.4, 0.5) is 5.69 Å². The summed E-state index contributed by atoms with van der Waals surface area (Å²) < 4.78 is 0. The number of anilines is 1. The summed E-state index contributed by atoms with van der Waals surface area (Å²) in [5, 5.41) is 3.10. The summed E-state index contributed by atoms with van der Waals surface area (Å²) in [4.78, 5) is 25.8. The van der Waals surface area contributed by atoms with Gasteiger partial charge in [-0.1, -0.05) is 0 Å². The largest absolute Gasteiger partial charge is 0.345 e. The van der Waals surface area contributed by atoms with Gasteiger partial charge in [-0.25, -0.2) is 0 Å². The molecule has 5 heteroatoms. The van der Waals surface area contributed by atoms with Crippen LogP contribution in [0.2, 0.25) is 0 Å². The highest BCUT2D eigenvalue weighted by atomic mass is 16.2. The lowest BCUT2D eigenvalue weighted by Gasteiger charge is -2.29. The topological polar surface area (TPSA) is 75.4 Å². The van der Waals surface area contributed by atoms with Gasteiger partial charge in [0.25, 0.3) is 5.91 Å². The smallest absolute Gasteiger partial charge is 0.251 e. The summed E-state index contributed by atoms with van der Waals surface area (Å²) in [6, 6.07) is 5.56. The quantitative estimate of drug-likeness (QED) is 0.884. The molecular weight excluding hydrogens is 278 g/mol. The first-order valence-electron chi connectivity index (χ1n) is 7.88. The highest BCUT2D eigenvalue weighted by Crippen LogP contribution is 2.39. The van der Waals surface area contributed by atoms with E-state index in [1.54, 1.807) is 17.9 Å². The van der Waals surface area contributed by atoms with E-state index < -0.39 is 0 Å². The molecule has 1 aliphatic heterocycles. The third-order valence-corrected chi connectivity index (χ3v) is 4.92. The van der Waals surface area contributed by atoms with Crippen LogP contribution in [-0.4, -0.2) is 30.4 Å². The molecule has 5 nitrogen and oxygen atoms in total. The van der Waals surface area contributed by atoms with Crippen molar-refractivity contribution in [3.05, 3.63) is 29.3 Å². The molecule has 1 saturated carbocycles. The number of nitrogens with two attached hydrogens (primary N) is 1. The number of nitrogens with zero attached hydrogens (tertiary/aromatic N) is 1. The fourth-order valence-corrected chi connectivity index (χ4v) is 3.24. The molecule has 0 aromatic heterocycles. The first-order valence-corrected chi connectivity index (χ1v) is 7.88. The summed E-state index contributed by atoms with van der Waals surface area (Å²) in [5.74, 6) is 0.452. The van der Waals surface area contributed by atoms with Crippen molar-refractivity contribution in [2.24, 2.45) is 11.7 Å². The van der Waals surface area contributed by atoms with Crippen molar-refractivity contribution in [3.63, 3.8) is 0 Å². The number of hydrogen-bond acceptors (Lipinski definition) is 3. The van der Waals surface area contributed by atoms with Crippen molar-refractivity contribution in [1.82, 2.24) is 5.32 Å². The van der Waals surface area contributed by atoms with E-state index in [9.17, 15) is 9.59 Å². The average Bonchev–Trinajstić information content (AvgIpc) is 3.26. The molecule has 22 heavy (non-hydrogen) atoms. The van der Waals surface area contributed by atoms with Gasteiger partial charge in [0.15, 0.2) is 0 Å². The predicted molar refractivity (Wildman–Crippen MR) is 85.8 cm³/mol. The van der Waals surface area contributed by atoms with E-state index >= 15 is 0 Å². The average molecular weight is 301 g/mol. The van der Waals surface area contributed by atoms with E-state index in [4.69, 9.17) is 5.73 Å². The summed E-state index contributed by atoms with van der Waals surface area (Å²) in [5.41, 5.74) is 8.17. The van der Waals surface area contributed by atoms with Crippen molar-refractivity contribution in [3.8, 4) is 0 Å². The molecule has 1 atom stereocenters. The standard InChI is InChI=1S/C17H23N3O2/c1-11(21)20-8-7-12-9-13(3-6-15(12)20)16(22)19-17(2,10-18)14-4-5-14/h3,6,9,14H,4-5,7-8,10,18H2,1-2H3,(H,19,22). The summed E-state index contributed by atoms with van der Waals surface area (Å²) >= 11 is 0. The van der Waals surface area contributed by atoms with Gasteiger partial charge in [-0.3, -0.25) is 9.59 Å². The summed E-state index contributed by atoms with van der Waals surface area (Å²) in [7, 11) is 0. The first-order chi connectivity index (χ1) is 10.4. The monoisotopic (exact) mass is 301 g/mol. The van der Waals surface area contributed by atoms with E-state index in [0.717, 1.165) is 30.5 Å². The number of amides is 2. The molecule has 118 valence electrons. The molecule has 1 aromatic rings. The number of benzene rings is 1. The molecule has 1 aromatic carbocycles. The van der Waals surface area contributed by atoms with E-state index in [1.165, 1.54) is 0 Å². The maximum absolute atomic E-state index is 12.5. The minimum absolute atomic E-state index is 0.0420. The Kier molecular flexibility index (Phi) is 3.68. The Hall–Kier alpha value is -1.88. The zero-order valence-electron chi connectivity index (χ0n) is 13.2. The van der Waals surface area contributed by atoms with Crippen molar-refractivity contribution in [1.29, 1.82) is 0 Å². The van der Waals surface area contributed by atoms with E-state index in [-0.39, 0.29) is 17.4 Å². The van der Waals surface area contributed by atoms with Gasteiger partial charge in [0.05, 0.1) is 5.54 Å². The lowest BCUT2D eigenvalue weighted by molar-refractivity contribution is -0.116. The molecule has 2 amide bonds. The fourth-order valence-electron chi connectivity index (χ4n) is 3.24. The second-order valence-electron chi connectivity index (χ2n) is 6.61. The van der Waals surface area contributed by atoms with Crippen LogP contribution in [0.25, 0.3) is 0 Å². The molecule has 0 saturated heterocycles. The van der Waals surface area contributed by atoms with Crippen molar-refractivity contribution in [2.75, 3.05) is 18.0 Å². The SMILES string of the molecule is CC(=O)N1CCc2cc(C(=O)NC(C)(CN)C3CC3)ccc21. The van der Waals surface area contributed by atoms with Gasteiger partial charge in [-0.2, -0.15) is 0 Å². The molecule has 1 aliphatic carbocycles. The Morgan fingerprint density at radius 1 is 1.41 bits per heavy atom. The van der Waals surface area contributed by atoms with Crippen LogP contribution in [-0.2, 0) is 11.2 Å². The lowest BCUT2D eigenvalue weighted by atomic mass is 9.95. The molecule has 0 spiro atoms. The normalized spacial score (nSPS) is 19.5. The minimum atomic E-state index is -0.318. The van der Waals surface area contributed by atoms with Crippen LogP contribution < -0.4 is 16.0 Å². The third kappa shape index (κ3) is 2.61. The van der Waals surface area contributed by atoms with E-state index in [0.29, 0.717) is 24.6 Å². The van der Waals surface area contributed by atoms with E-state index in [2.05, 4.69) is 5.32 Å². The number of nitrogens with one attached hydrogen (secondary N) is 1. The third-order valence-electron chi connectivity index (χ3n) is 4.92. The molecule has 2 aliphatic rings. The van der Waals surface area contributed by atoms with Crippen molar-refractivity contribution in [2.45, 2.75) is 38.6 Å². The van der Waals surface area contributed by atoms with Gasteiger partial charge >= 0.3 is 0 Å². The maximum Gasteiger partial charge on any atom is 0.251 e. The second-order valence-corrected chi connectivity index (χ2v) is 6.61. The fraction of sp³-hybridized carbons (Fsp3) is 0.529. The highest BCUT2D eigenvalue weighted by molar-refractivity contribution is 5.98. The number of carbonyl (C=O) groups is 2. The Morgan fingerprint density at radius 3 is 2.73 bits per heavy atom. The van der Waals surface area contributed by atoms with Gasteiger partial charge in [0.1, 0.15) is 0 Å². The van der Waals surface area contributed by atoms with Crippen LogP contribution >= 0.6 is 0 Å². The van der Waals surface area contributed by atoms with Crippen molar-refractivity contribution < 1.29 is 9.59 Å². The number of hydrogen-bond donors (Lipinski definition) is 2.